The minimum absolute atomic E-state index is 0.0103. The van der Waals surface area contributed by atoms with Crippen molar-refractivity contribution in [2.24, 2.45) is 5.41 Å². The molecule has 1 N–H and O–H groups in total. The molecule has 0 saturated heterocycles. The van der Waals surface area contributed by atoms with Gasteiger partial charge in [0, 0.05) is 11.8 Å². The van der Waals surface area contributed by atoms with E-state index in [9.17, 15) is 5.11 Å². The van der Waals surface area contributed by atoms with Gasteiger partial charge in [-0.25, -0.2) is 0 Å². The molecular formula is C17H24O3. The topological polar surface area (TPSA) is 38.7 Å². The minimum Gasteiger partial charge on any atom is -0.497 e. The molecule has 0 bridgehead atoms. The van der Waals surface area contributed by atoms with Crippen LogP contribution in [0.4, 0.5) is 0 Å². The molecule has 0 heterocycles. The van der Waals surface area contributed by atoms with Crippen molar-refractivity contribution in [3.05, 3.63) is 24.3 Å². The zero-order chi connectivity index (χ0) is 14.0. The normalized spacial score (nSPS) is 28.5. The van der Waals surface area contributed by atoms with Crippen molar-refractivity contribution in [2.75, 3.05) is 7.11 Å². The van der Waals surface area contributed by atoms with Gasteiger partial charge < -0.3 is 14.6 Å². The van der Waals surface area contributed by atoms with Crippen LogP contribution in [0.25, 0.3) is 0 Å². The van der Waals surface area contributed by atoms with Crippen LogP contribution in [-0.4, -0.2) is 24.4 Å². The molecule has 1 spiro atoms. The number of methoxy groups -OCH3 is 1. The van der Waals surface area contributed by atoms with Crippen molar-refractivity contribution in [2.45, 2.75) is 57.2 Å². The van der Waals surface area contributed by atoms with Crippen molar-refractivity contribution < 1.29 is 14.6 Å². The molecule has 2 aliphatic carbocycles. The van der Waals surface area contributed by atoms with Gasteiger partial charge in [-0.3, -0.25) is 0 Å². The molecule has 110 valence electrons. The van der Waals surface area contributed by atoms with E-state index in [1.165, 1.54) is 25.7 Å². The first-order valence-electron chi connectivity index (χ1n) is 7.73. The van der Waals surface area contributed by atoms with E-state index in [2.05, 4.69) is 0 Å². The van der Waals surface area contributed by atoms with Crippen molar-refractivity contribution in [3.8, 4) is 11.5 Å². The Morgan fingerprint density at radius 3 is 2.15 bits per heavy atom. The molecule has 2 saturated carbocycles. The maximum atomic E-state index is 10.3. The van der Waals surface area contributed by atoms with Crippen molar-refractivity contribution in [3.63, 3.8) is 0 Å². The Balaban J connectivity index is 1.69. The summed E-state index contributed by atoms with van der Waals surface area (Å²) in [6.07, 6.45) is 8.01. The van der Waals surface area contributed by atoms with Crippen LogP contribution in [0.2, 0.25) is 0 Å². The van der Waals surface area contributed by atoms with E-state index in [1.807, 2.05) is 24.3 Å². The molecular weight excluding hydrogens is 252 g/mol. The predicted octanol–water partition coefficient (Wildman–Crippen LogP) is 3.55. The zero-order valence-electron chi connectivity index (χ0n) is 12.2. The summed E-state index contributed by atoms with van der Waals surface area (Å²) in [5.41, 5.74) is 0.0103. The Bertz CT molecular complexity index is 432. The highest BCUT2D eigenvalue weighted by molar-refractivity contribution is 5.31. The van der Waals surface area contributed by atoms with Crippen molar-refractivity contribution in [1.29, 1.82) is 0 Å². The van der Waals surface area contributed by atoms with Gasteiger partial charge in [0.25, 0.3) is 0 Å². The fraction of sp³-hybridized carbons (Fsp3) is 0.647. The molecule has 20 heavy (non-hydrogen) atoms. The molecule has 0 aromatic heterocycles. The minimum atomic E-state index is -0.177. The third-order valence-electron chi connectivity index (χ3n) is 5.11. The fourth-order valence-electron chi connectivity index (χ4n) is 3.75. The maximum absolute atomic E-state index is 10.3. The second kappa shape index (κ2) is 5.65. The number of aliphatic hydroxyl groups is 1. The summed E-state index contributed by atoms with van der Waals surface area (Å²) in [5, 5.41) is 10.3. The second-order valence-corrected chi connectivity index (χ2v) is 6.18. The lowest BCUT2D eigenvalue weighted by Gasteiger charge is -2.53. The van der Waals surface area contributed by atoms with Gasteiger partial charge in [0.1, 0.15) is 17.6 Å². The van der Waals surface area contributed by atoms with Crippen LogP contribution in [0.3, 0.4) is 0 Å². The molecule has 3 nitrogen and oxygen atoms in total. The molecule has 0 amide bonds. The summed E-state index contributed by atoms with van der Waals surface area (Å²) < 4.78 is 11.3. The van der Waals surface area contributed by atoms with Crippen molar-refractivity contribution >= 4 is 0 Å². The highest BCUT2D eigenvalue weighted by Crippen LogP contribution is 2.52. The highest BCUT2D eigenvalue weighted by atomic mass is 16.5. The lowest BCUT2D eigenvalue weighted by Crippen LogP contribution is -2.59. The SMILES string of the molecule is COc1ccc(OC2CC(O)C23CCCCCC3)cc1. The third-order valence-corrected chi connectivity index (χ3v) is 5.11. The monoisotopic (exact) mass is 276 g/mol. The van der Waals surface area contributed by atoms with E-state index in [1.54, 1.807) is 7.11 Å². The van der Waals surface area contributed by atoms with E-state index in [4.69, 9.17) is 9.47 Å². The van der Waals surface area contributed by atoms with E-state index in [-0.39, 0.29) is 17.6 Å². The number of hydrogen-bond acceptors (Lipinski definition) is 3. The number of rotatable bonds is 3. The molecule has 1 aromatic rings. The van der Waals surface area contributed by atoms with E-state index in [0.29, 0.717) is 0 Å². The number of aliphatic hydroxyl groups excluding tert-OH is 1. The lowest BCUT2D eigenvalue weighted by atomic mass is 9.59. The van der Waals surface area contributed by atoms with Gasteiger partial charge >= 0.3 is 0 Å². The number of benzene rings is 1. The summed E-state index contributed by atoms with van der Waals surface area (Å²) in [5.74, 6) is 1.72. The Labute approximate surface area is 120 Å². The van der Waals surface area contributed by atoms with E-state index >= 15 is 0 Å². The standard InChI is InChI=1S/C17H24O3/c1-19-13-6-8-14(9-7-13)20-16-12-15(18)17(16)10-4-2-3-5-11-17/h6-9,15-16,18H,2-5,10-12H2,1H3. The zero-order valence-corrected chi connectivity index (χ0v) is 12.2. The van der Waals surface area contributed by atoms with Gasteiger partial charge in [-0.2, -0.15) is 0 Å². The van der Waals surface area contributed by atoms with Gasteiger partial charge in [-0.1, -0.05) is 25.7 Å². The van der Waals surface area contributed by atoms with Gasteiger partial charge in [0.05, 0.1) is 13.2 Å². The van der Waals surface area contributed by atoms with Crippen LogP contribution < -0.4 is 9.47 Å². The Hall–Kier alpha value is -1.22. The smallest absolute Gasteiger partial charge is 0.120 e. The first kappa shape index (κ1) is 13.7. The summed E-state index contributed by atoms with van der Waals surface area (Å²) in [6, 6.07) is 7.75. The van der Waals surface area contributed by atoms with Crippen LogP contribution in [-0.2, 0) is 0 Å². The number of ether oxygens (including phenoxy) is 2. The average molecular weight is 276 g/mol. The molecule has 0 aliphatic heterocycles. The molecule has 0 radical (unpaired) electrons. The van der Waals surface area contributed by atoms with Gasteiger partial charge in [-0.15, -0.1) is 0 Å². The van der Waals surface area contributed by atoms with Crippen LogP contribution >= 0.6 is 0 Å². The quantitative estimate of drug-likeness (QED) is 0.917. The summed E-state index contributed by atoms with van der Waals surface area (Å²) >= 11 is 0. The fourth-order valence-corrected chi connectivity index (χ4v) is 3.75. The lowest BCUT2D eigenvalue weighted by molar-refractivity contribution is -0.163. The summed E-state index contributed by atoms with van der Waals surface area (Å²) in [7, 11) is 1.67. The highest BCUT2D eigenvalue weighted by Gasteiger charge is 2.55. The first-order valence-corrected chi connectivity index (χ1v) is 7.73. The average Bonchev–Trinajstić information content (AvgIpc) is 2.76. The molecule has 2 atom stereocenters. The molecule has 2 fully saturated rings. The molecule has 3 heteroatoms. The van der Waals surface area contributed by atoms with Crippen LogP contribution in [0.1, 0.15) is 44.9 Å². The Morgan fingerprint density at radius 1 is 1.00 bits per heavy atom. The summed E-state index contributed by atoms with van der Waals surface area (Å²) in [6.45, 7) is 0. The third kappa shape index (κ3) is 2.39. The van der Waals surface area contributed by atoms with Crippen LogP contribution in [0, 0.1) is 5.41 Å². The maximum Gasteiger partial charge on any atom is 0.120 e. The summed E-state index contributed by atoms with van der Waals surface area (Å²) in [4.78, 5) is 0. The second-order valence-electron chi connectivity index (χ2n) is 6.18. The molecule has 2 unspecified atom stereocenters. The van der Waals surface area contributed by atoms with Gasteiger partial charge in [0.15, 0.2) is 0 Å². The van der Waals surface area contributed by atoms with Crippen LogP contribution in [0.15, 0.2) is 24.3 Å². The Kier molecular flexibility index (Phi) is 3.88. The predicted molar refractivity (Wildman–Crippen MR) is 78.2 cm³/mol. The first-order chi connectivity index (χ1) is 9.74. The van der Waals surface area contributed by atoms with Crippen molar-refractivity contribution in [1.82, 2.24) is 0 Å². The van der Waals surface area contributed by atoms with Crippen LogP contribution in [0.5, 0.6) is 11.5 Å². The van der Waals surface area contributed by atoms with Gasteiger partial charge in [-0.05, 0) is 37.1 Å². The van der Waals surface area contributed by atoms with Gasteiger partial charge in [0.2, 0.25) is 0 Å². The molecule has 3 rings (SSSR count). The largest absolute Gasteiger partial charge is 0.497 e. The van der Waals surface area contributed by atoms with E-state index < -0.39 is 0 Å². The molecule has 1 aromatic carbocycles. The number of hydrogen-bond donors (Lipinski definition) is 1. The Morgan fingerprint density at radius 2 is 1.60 bits per heavy atom. The molecule has 2 aliphatic rings. The van der Waals surface area contributed by atoms with E-state index in [0.717, 1.165) is 30.8 Å².